The minimum absolute atomic E-state index is 0.325. The molecular formula is C15H33NOS. The summed E-state index contributed by atoms with van der Waals surface area (Å²) in [6.45, 7) is 12.0. The van der Waals surface area contributed by atoms with E-state index in [0.717, 1.165) is 38.0 Å². The molecule has 0 aliphatic heterocycles. The predicted octanol–water partition coefficient (Wildman–Crippen LogP) is 3.73. The lowest BCUT2D eigenvalue weighted by atomic mass is 10.1. The third kappa shape index (κ3) is 6.89. The largest absolute Gasteiger partial charge is 0.313 e. The van der Waals surface area contributed by atoms with Crippen LogP contribution in [0.25, 0.3) is 0 Å². The molecule has 0 fully saturated rings. The molecule has 0 amide bonds. The second-order valence-electron chi connectivity index (χ2n) is 5.36. The van der Waals surface area contributed by atoms with Gasteiger partial charge in [0.05, 0.1) is 0 Å². The zero-order valence-corrected chi connectivity index (χ0v) is 13.8. The van der Waals surface area contributed by atoms with Crippen molar-refractivity contribution in [2.45, 2.75) is 78.0 Å². The Hall–Kier alpha value is 0.110. The maximum atomic E-state index is 12.5. The fourth-order valence-corrected chi connectivity index (χ4v) is 4.25. The summed E-state index contributed by atoms with van der Waals surface area (Å²) in [4.78, 5) is 0. The van der Waals surface area contributed by atoms with Crippen molar-refractivity contribution in [2.75, 3.05) is 12.3 Å². The first-order valence-electron chi connectivity index (χ1n) is 7.71. The minimum atomic E-state index is -0.685. The molecule has 0 aromatic rings. The summed E-state index contributed by atoms with van der Waals surface area (Å²) in [5.74, 6) is 1.44. The van der Waals surface area contributed by atoms with Crippen molar-refractivity contribution in [3.05, 3.63) is 0 Å². The molecule has 110 valence electrons. The van der Waals surface area contributed by atoms with E-state index in [9.17, 15) is 4.21 Å². The quantitative estimate of drug-likeness (QED) is 0.622. The second kappa shape index (κ2) is 11.0. The first-order chi connectivity index (χ1) is 8.60. The molecule has 0 saturated carbocycles. The second-order valence-corrected chi connectivity index (χ2v) is 7.06. The Balaban J connectivity index is 4.50. The normalized spacial score (nSPS) is 18.3. The van der Waals surface area contributed by atoms with E-state index >= 15 is 0 Å². The van der Waals surface area contributed by atoms with Crippen LogP contribution in [-0.4, -0.2) is 27.8 Å². The van der Waals surface area contributed by atoms with E-state index < -0.39 is 10.8 Å². The lowest BCUT2D eigenvalue weighted by molar-refractivity contribution is 0.446. The first kappa shape index (κ1) is 18.1. The molecule has 1 N–H and O–H groups in total. The highest BCUT2D eigenvalue weighted by Crippen LogP contribution is 2.16. The third-order valence-corrected chi connectivity index (χ3v) is 5.83. The van der Waals surface area contributed by atoms with Crippen molar-refractivity contribution < 1.29 is 4.21 Å². The van der Waals surface area contributed by atoms with E-state index in [4.69, 9.17) is 0 Å². The first-order valence-corrected chi connectivity index (χ1v) is 9.09. The van der Waals surface area contributed by atoms with Crippen LogP contribution in [-0.2, 0) is 10.8 Å². The van der Waals surface area contributed by atoms with Crippen LogP contribution < -0.4 is 5.32 Å². The molecule has 0 aliphatic rings. The molecule has 18 heavy (non-hydrogen) atoms. The van der Waals surface area contributed by atoms with E-state index in [0.29, 0.717) is 17.2 Å². The Bertz CT molecular complexity index is 221. The highest BCUT2D eigenvalue weighted by Gasteiger charge is 2.25. The van der Waals surface area contributed by atoms with Crippen LogP contribution in [0.3, 0.4) is 0 Å². The maximum absolute atomic E-state index is 12.5. The van der Waals surface area contributed by atoms with Crippen LogP contribution in [0, 0.1) is 5.92 Å². The molecule has 0 radical (unpaired) electrons. The average Bonchev–Trinajstić information content (AvgIpc) is 2.36. The van der Waals surface area contributed by atoms with Crippen LogP contribution in [0.2, 0.25) is 0 Å². The highest BCUT2D eigenvalue weighted by atomic mass is 32.2. The van der Waals surface area contributed by atoms with Gasteiger partial charge in [-0.2, -0.15) is 0 Å². The molecular weight excluding hydrogens is 242 g/mol. The van der Waals surface area contributed by atoms with Crippen molar-refractivity contribution in [1.82, 2.24) is 5.32 Å². The summed E-state index contributed by atoms with van der Waals surface area (Å²) in [7, 11) is -0.685. The van der Waals surface area contributed by atoms with Gasteiger partial charge in [0.15, 0.2) is 0 Å². The van der Waals surface area contributed by atoms with Crippen LogP contribution in [0.4, 0.5) is 0 Å². The SMILES string of the molecule is CCCNC(CCC)C(CC)S(=O)CC(C)CC. The fraction of sp³-hybridized carbons (Fsp3) is 1.00. The Morgan fingerprint density at radius 3 is 2.17 bits per heavy atom. The minimum Gasteiger partial charge on any atom is -0.313 e. The predicted molar refractivity (Wildman–Crippen MR) is 83.5 cm³/mol. The van der Waals surface area contributed by atoms with Gasteiger partial charge in [0.25, 0.3) is 0 Å². The Morgan fingerprint density at radius 2 is 1.72 bits per heavy atom. The lowest BCUT2D eigenvalue weighted by Gasteiger charge is -2.27. The van der Waals surface area contributed by atoms with Crippen LogP contribution in [0.15, 0.2) is 0 Å². The van der Waals surface area contributed by atoms with Gasteiger partial charge in [-0.25, -0.2) is 0 Å². The summed E-state index contributed by atoms with van der Waals surface area (Å²) >= 11 is 0. The Kier molecular flexibility index (Phi) is 11.0. The van der Waals surface area contributed by atoms with Crippen LogP contribution >= 0.6 is 0 Å². The molecule has 4 atom stereocenters. The molecule has 4 unspecified atom stereocenters. The summed E-state index contributed by atoms with van der Waals surface area (Å²) < 4.78 is 12.5. The van der Waals surface area contributed by atoms with E-state index in [1.807, 2.05) is 0 Å². The van der Waals surface area contributed by atoms with Crippen molar-refractivity contribution in [1.29, 1.82) is 0 Å². The van der Waals surface area contributed by atoms with Gasteiger partial charge in [-0.1, -0.05) is 47.5 Å². The topological polar surface area (TPSA) is 29.1 Å². The van der Waals surface area contributed by atoms with Gasteiger partial charge in [0, 0.05) is 27.8 Å². The molecule has 3 heteroatoms. The van der Waals surface area contributed by atoms with E-state index in [1.165, 1.54) is 6.42 Å². The molecule has 0 aliphatic carbocycles. The van der Waals surface area contributed by atoms with Crippen LogP contribution in [0.5, 0.6) is 0 Å². The molecule has 0 rings (SSSR count). The van der Waals surface area contributed by atoms with Gasteiger partial charge in [0.2, 0.25) is 0 Å². The standard InChI is InChI=1S/C15H33NOS/c1-6-10-14(16-11-7-2)15(9-4)18(17)12-13(5)8-3/h13-16H,6-12H2,1-5H3. The highest BCUT2D eigenvalue weighted by molar-refractivity contribution is 7.85. The zero-order valence-electron chi connectivity index (χ0n) is 13.0. The van der Waals surface area contributed by atoms with Gasteiger partial charge in [-0.15, -0.1) is 0 Å². The average molecular weight is 276 g/mol. The van der Waals surface area contributed by atoms with E-state index in [2.05, 4.69) is 39.9 Å². The molecule has 0 saturated heterocycles. The summed E-state index contributed by atoms with van der Waals surface area (Å²) in [6.07, 6.45) is 5.60. The van der Waals surface area contributed by atoms with Gasteiger partial charge in [-0.05, 0) is 31.7 Å². The van der Waals surface area contributed by atoms with E-state index in [1.54, 1.807) is 0 Å². The van der Waals surface area contributed by atoms with Crippen molar-refractivity contribution in [3.63, 3.8) is 0 Å². The lowest BCUT2D eigenvalue weighted by Crippen LogP contribution is -2.43. The molecule has 0 heterocycles. The number of hydrogen-bond donors (Lipinski definition) is 1. The summed E-state index contributed by atoms with van der Waals surface area (Å²) in [5, 5.41) is 3.92. The summed E-state index contributed by atoms with van der Waals surface area (Å²) in [6, 6.07) is 0.435. The van der Waals surface area contributed by atoms with Gasteiger partial charge < -0.3 is 5.32 Å². The maximum Gasteiger partial charge on any atom is 0.0498 e. The van der Waals surface area contributed by atoms with E-state index in [-0.39, 0.29) is 0 Å². The zero-order chi connectivity index (χ0) is 14.0. The monoisotopic (exact) mass is 275 g/mol. The fourth-order valence-electron chi connectivity index (χ4n) is 2.24. The summed E-state index contributed by atoms with van der Waals surface area (Å²) in [5.41, 5.74) is 0. The smallest absolute Gasteiger partial charge is 0.0498 e. The third-order valence-electron chi connectivity index (χ3n) is 3.59. The van der Waals surface area contributed by atoms with Crippen molar-refractivity contribution in [3.8, 4) is 0 Å². The Labute approximate surface area is 117 Å². The molecule has 0 bridgehead atoms. The van der Waals surface area contributed by atoms with Crippen molar-refractivity contribution in [2.24, 2.45) is 5.92 Å². The van der Waals surface area contributed by atoms with Crippen LogP contribution in [0.1, 0.15) is 66.7 Å². The van der Waals surface area contributed by atoms with Gasteiger partial charge >= 0.3 is 0 Å². The molecule has 2 nitrogen and oxygen atoms in total. The molecule has 0 spiro atoms. The van der Waals surface area contributed by atoms with Gasteiger partial charge in [-0.3, -0.25) is 4.21 Å². The molecule has 0 aromatic heterocycles. The molecule has 0 aromatic carbocycles. The number of rotatable bonds is 11. The Morgan fingerprint density at radius 1 is 1.06 bits per heavy atom. The van der Waals surface area contributed by atoms with Crippen molar-refractivity contribution >= 4 is 10.8 Å². The number of nitrogens with one attached hydrogen (secondary N) is 1. The van der Waals surface area contributed by atoms with Gasteiger partial charge in [0.1, 0.15) is 0 Å². The number of hydrogen-bond acceptors (Lipinski definition) is 2.